The molecule has 1 amide bonds. The second kappa shape index (κ2) is 6.20. The first kappa shape index (κ1) is 13.4. The van der Waals surface area contributed by atoms with Crippen molar-refractivity contribution in [2.75, 3.05) is 32.5 Å². The van der Waals surface area contributed by atoms with Gasteiger partial charge in [-0.05, 0) is 25.1 Å². The molecular weight excluding hydrogens is 223 g/mol. The number of ether oxygens (including phenoxy) is 1. The number of carbonyl (C=O) groups is 1. The summed E-state index contributed by atoms with van der Waals surface area (Å²) in [4.78, 5) is 13.6. The van der Waals surface area contributed by atoms with Gasteiger partial charge in [0.1, 0.15) is 5.82 Å². The van der Waals surface area contributed by atoms with Crippen LogP contribution in [0.3, 0.4) is 0 Å². The van der Waals surface area contributed by atoms with Crippen LogP contribution < -0.4 is 5.73 Å². The highest BCUT2D eigenvalue weighted by atomic mass is 19.1. The Morgan fingerprint density at radius 2 is 2.24 bits per heavy atom. The number of methoxy groups -OCH3 is 1. The van der Waals surface area contributed by atoms with Gasteiger partial charge in [-0.2, -0.15) is 0 Å². The molecule has 0 spiro atoms. The van der Waals surface area contributed by atoms with Crippen molar-refractivity contribution in [3.8, 4) is 0 Å². The first-order valence-electron chi connectivity index (χ1n) is 5.43. The standard InChI is InChI=1S/C12H17FN2O2/c1-3-15(6-7-17-2)12(16)10-8-9(13)4-5-11(10)14/h4-5,8H,3,6-7,14H2,1-2H3. The summed E-state index contributed by atoms with van der Waals surface area (Å²) in [6, 6.07) is 3.79. The van der Waals surface area contributed by atoms with Crippen molar-refractivity contribution in [1.82, 2.24) is 4.90 Å². The van der Waals surface area contributed by atoms with Gasteiger partial charge in [-0.3, -0.25) is 4.79 Å². The van der Waals surface area contributed by atoms with Gasteiger partial charge in [0, 0.05) is 25.9 Å². The summed E-state index contributed by atoms with van der Waals surface area (Å²) in [5.74, 6) is -0.744. The zero-order valence-electron chi connectivity index (χ0n) is 10.1. The maximum Gasteiger partial charge on any atom is 0.256 e. The van der Waals surface area contributed by atoms with E-state index >= 15 is 0 Å². The second-order valence-electron chi connectivity index (χ2n) is 3.61. The molecule has 0 saturated carbocycles. The molecule has 0 aliphatic carbocycles. The molecule has 2 N–H and O–H groups in total. The molecule has 4 nitrogen and oxygen atoms in total. The normalized spacial score (nSPS) is 10.3. The lowest BCUT2D eigenvalue weighted by atomic mass is 10.1. The first-order chi connectivity index (χ1) is 8.10. The van der Waals surface area contributed by atoms with Crippen molar-refractivity contribution in [3.63, 3.8) is 0 Å². The molecular formula is C12H17FN2O2. The van der Waals surface area contributed by atoms with Crippen LogP contribution in [0.2, 0.25) is 0 Å². The Labute approximate surface area is 100 Å². The predicted molar refractivity (Wildman–Crippen MR) is 64.3 cm³/mol. The minimum Gasteiger partial charge on any atom is -0.398 e. The molecule has 0 atom stereocenters. The molecule has 0 heterocycles. The van der Waals surface area contributed by atoms with Crippen LogP contribution in [-0.2, 0) is 4.74 Å². The van der Waals surface area contributed by atoms with Crippen molar-refractivity contribution in [1.29, 1.82) is 0 Å². The average Bonchev–Trinajstić information content (AvgIpc) is 2.33. The number of hydrogen-bond acceptors (Lipinski definition) is 3. The van der Waals surface area contributed by atoms with Crippen LogP contribution in [0.5, 0.6) is 0 Å². The van der Waals surface area contributed by atoms with E-state index in [2.05, 4.69) is 0 Å². The average molecular weight is 240 g/mol. The third kappa shape index (κ3) is 3.42. The fourth-order valence-corrected chi connectivity index (χ4v) is 1.49. The van der Waals surface area contributed by atoms with Gasteiger partial charge in [-0.25, -0.2) is 4.39 Å². The van der Waals surface area contributed by atoms with Crippen molar-refractivity contribution in [2.45, 2.75) is 6.92 Å². The van der Waals surface area contributed by atoms with Gasteiger partial charge >= 0.3 is 0 Å². The fraction of sp³-hybridized carbons (Fsp3) is 0.417. The molecule has 0 aromatic heterocycles. The number of anilines is 1. The molecule has 1 aromatic rings. The molecule has 94 valence electrons. The van der Waals surface area contributed by atoms with Crippen molar-refractivity contribution < 1.29 is 13.9 Å². The third-order valence-corrected chi connectivity index (χ3v) is 2.48. The van der Waals surface area contributed by atoms with Crippen LogP contribution in [0.4, 0.5) is 10.1 Å². The molecule has 0 aliphatic heterocycles. The number of hydrogen-bond donors (Lipinski definition) is 1. The highest BCUT2D eigenvalue weighted by molar-refractivity contribution is 5.99. The van der Waals surface area contributed by atoms with E-state index in [-0.39, 0.29) is 17.2 Å². The molecule has 0 aliphatic rings. The Balaban J connectivity index is 2.89. The summed E-state index contributed by atoms with van der Waals surface area (Å²) in [5, 5.41) is 0. The topological polar surface area (TPSA) is 55.6 Å². The number of benzene rings is 1. The Hall–Kier alpha value is -1.62. The Kier molecular flexibility index (Phi) is 4.90. The van der Waals surface area contributed by atoms with Gasteiger partial charge in [0.2, 0.25) is 0 Å². The minimum atomic E-state index is -0.467. The van der Waals surface area contributed by atoms with E-state index in [0.29, 0.717) is 19.7 Å². The van der Waals surface area contributed by atoms with Crippen LogP contribution in [0, 0.1) is 5.82 Å². The van der Waals surface area contributed by atoms with Crippen LogP contribution in [-0.4, -0.2) is 37.6 Å². The van der Waals surface area contributed by atoms with E-state index < -0.39 is 5.82 Å². The van der Waals surface area contributed by atoms with Crippen LogP contribution in [0.1, 0.15) is 17.3 Å². The monoisotopic (exact) mass is 240 g/mol. The molecule has 1 aromatic carbocycles. The summed E-state index contributed by atoms with van der Waals surface area (Å²) < 4.78 is 18.0. The molecule has 17 heavy (non-hydrogen) atoms. The van der Waals surface area contributed by atoms with E-state index in [0.717, 1.165) is 6.07 Å². The number of nitrogen functional groups attached to an aromatic ring is 1. The number of nitrogens with zero attached hydrogens (tertiary/aromatic N) is 1. The van der Waals surface area contributed by atoms with Gasteiger partial charge in [0.05, 0.1) is 12.2 Å². The summed E-state index contributed by atoms with van der Waals surface area (Å²) in [7, 11) is 1.56. The summed E-state index contributed by atoms with van der Waals surface area (Å²) in [6.45, 7) is 3.28. The Bertz CT molecular complexity index is 396. The minimum absolute atomic E-state index is 0.197. The quantitative estimate of drug-likeness (QED) is 0.794. The van der Waals surface area contributed by atoms with E-state index in [1.807, 2.05) is 6.92 Å². The van der Waals surface area contributed by atoms with Crippen molar-refractivity contribution in [3.05, 3.63) is 29.6 Å². The smallest absolute Gasteiger partial charge is 0.256 e. The molecule has 0 bridgehead atoms. The highest BCUT2D eigenvalue weighted by Gasteiger charge is 2.17. The number of rotatable bonds is 5. The van der Waals surface area contributed by atoms with E-state index in [1.54, 1.807) is 12.0 Å². The predicted octanol–water partition coefficient (Wildman–Crippen LogP) is 1.52. The fourth-order valence-electron chi connectivity index (χ4n) is 1.49. The molecule has 0 unspecified atom stereocenters. The number of nitrogens with two attached hydrogens (primary N) is 1. The lowest BCUT2D eigenvalue weighted by Gasteiger charge is -2.21. The van der Waals surface area contributed by atoms with E-state index in [9.17, 15) is 9.18 Å². The largest absolute Gasteiger partial charge is 0.398 e. The number of carbonyl (C=O) groups excluding carboxylic acids is 1. The molecule has 0 saturated heterocycles. The summed E-state index contributed by atoms with van der Waals surface area (Å²) in [5.41, 5.74) is 6.15. The highest BCUT2D eigenvalue weighted by Crippen LogP contribution is 2.15. The van der Waals surface area contributed by atoms with Crippen molar-refractivity contribution in [2.24, 2.45) is 0 Å². The zero-order chi connectivity index (χ0) is 12.8. The molecule has 0 radical (unpaired) electrons. The Morgan fingerprint density at radius 1 is 1.53 bits per heavy atom. The van der Waals surface area contributed by atoms with E-state index in [1.165, 1.54) is 12.1 Å². The molecule has 1 rings (SSSR count). The van der Waals surface area contributed by atoms with Crippen molar-refractivity contribution >= 4 is 11.6 Å². The number of likely N-dealkylation sites (N-methyl/N-ethyl adjacent to an activating group) is 1. The lowest BCUT2D eigenvalue weighted by molar-refractivity contribution is 0.0707. The SMILES string of the molecule is CCN(CCOC)C(=O)c1cc(F)ccc1N. The van der Waals surface area contributed by atoms with Crippen LogP contribution in [0.25, 0.3) is 0 Å². The van der Waals surface area contributed by atoms with E-state index in [4.69, 9.17) is 10.5 Å². The summed E-state index contributed by atoms with van der Waals surface area (Å²) in [6.07, 6.45) is 0. The van der Waals surface area contributed by atoms with Gasteiger partial charge in [0.25, 0.3) is 5.91 Å². The van der Waals surface area contributed by atoms with Crippen LogP contribution in [0.15, 0.2) is 18.2 Å². The second-order valence-corrected chi connectivity index (χ2v) is 3.61. The van der Waals surface area contributed by atoms with Gasteiger partial charge in [-0.15, -0.1) is 0 Å². The lowest BCUT2D eigenvalue weighted by Crippen LogP contribution is -2.34. The maximum atomic E-state index is 13.1. The number of halogens is 1. The first-order valence-corrected chi connectivity index (χ1v) is 5.43. The zero-order valence-corrected chi connectivity index (χ0v) is 10.1. The van der Waals surface area contributed by atoms with Gasteiger partial charge in [-0.1, -0.05) is 0 Å². The van der Waals surface area contributed by atoms with Gasteiger partial charge in [0.15, 0.2) is 0 Å². The van der Waals surface area contributed by atoms with Crippen LogP contribution >= 0.6 is 0 Å². The Morgan fingerprint density at radius 3 is 2.82 bits per heavy atom. The summed E-state index contributed by atoms with van der Waals surface area (Å²) >= 11 is 0. The third-order valence-electron chi connectivity index (χ3n) is 2.48. The number of amides is 1. The molecule has 5 heteroatoms. The van der Waals surface area contributed by atoms with Gasteiger partial charge < -0.3 is 15.4 Å². The molecule has 0 fully saturated rings. The maximum absolute atomic E-state index is 13.1.